The van der Waals surface area contributed by atoms with Gasteiger partial charge in [0, 0.05) is 6.20 Å². The number of halogens is 2. The van der Waals surface area contributed by atoms with Crippen LogP contribution in [0.4, 0.5) is 5.69 Å². The summed E-state index contributed by atoms with van der Waals surface area (Å²) in [5.74, 6) is -0.221. The molecule has 0 fully saturated rings. The molecular formula is C10H6Cl2N2OS. The van der Waals surface area contributed by atoms with Gasteiger partial charge in [0.15, 0.2) is 5.15 Å². The first-order valence-electron chi connectivity index (χ1n) is 4.33. The van der Waals surface area contributed by atoms with Crippen LogP contribution in [-0.4, -0.2) is 10.9 Å². The van der Waals surface area contributed by atoms with Crippen LogP contribution >= 0.6 is 34.5 Å². The molecule has 0 aliphatic rings. The number of anilines is 1. The van der Waals surface area contributed by atoms with Crippen LogP contribution in [0, 0.1) is 0 Å². The second-order valence-electron chi connectivity index (χ2n) is 2.92. The van der Waals surface area contributed by atoms with Gasteiger partial charge in [-0.3, -0.25) is 4.79 Å². The molecule has 6 heteroatoms. The third-order valence-electron chi connectivity index (χ3n) is 1.80. The van der Waals surface area contributed by atoms with E-state index in [0.29, 0.717) is 15.6 Å². The minimum absolute atomic E-state index is 0.217. The van der Waals surface area contributed by atoms with Gasteiger partial charge in [0.25, 0.3) is 5.91 Å². The summed E-state index contributed by atoms with van der Waals surface area (Å²) in [6, 6.07) is 5.09. The molecule has 2 rings (SSSR count). The van der Waals surface area contributed by atoms with Gasteiger partial charge in [-0.1, -0.05) is 29.3 Å². The monoisotopic (exact) mass is 272 g/mol. The molecule has 0 unspecified atom stereocenters. The van der Waals surface area contributed by atoms with Gasteiger partial charge in [0.1, 0.15) is 0 Å². The van der Waals surface area contributed by atoms with E-state index in [1.165, 1.54) is 17.5 Å². The number of nitrogens with zero attached hydrogens (tertiary/aromatic N) is 1. The van der Waals surface area contributed by atoms with Crippen molar-refractivity contribution in [1.82, 2.24) is 4.98 Å². The molecule has 0 atom stereocenters. The number of carbonyl (C=O) groups excluding carboxylic acids is 1. The van der Waals surface area contributed by atoms with Gasteiger partial charge >= 0.3 is 0 Å². The highest BCUT2D eigenvalue weighted by Gasteiger charge is 2.10. The zero-order valence-electron chi connectivity index (χ0n) is 7.91. The molecule has 0 saturated heterocycles. The summed E-state index contributed by atoms with van der Waals surface area (Å²) in [6.45, 7) is 0. The fourth-order valence-corrected chi connectivity index (χ4v) is 2.03. The lowest BCUT2D eigenvalue weighted by Gasteiger charge is -2.05. The van der Waals surface area contributed by atoms with E-state index in [9.17, 15) is 4.79 Å². The lowest BCUT2D eigenvalue weighted by Crippen LogP contribution is -2.10. The van der Waals surface area contributed by atoms with E-state index in [1.807, 2.05) is 5.38 Å². The van der Waals surface area contributed by atoms with Crippen molar-refractivity contribution in [3.63, 3.8) is 0 Å². The highest BCUT2D eigenvalue weighted by Crippen LogP contribution is 2.23. The number of hydrogen-bond acceptors (Lipinski definition) is 3. The molecule has 16 heavy (non-hydrogen) atoms. The van der Waals surface area contributed by atoms with Crippen molar-refractivity contribution in [3.8, 4) is 0 Å². The van der Waals surface area contributed by atoms with Crippen LogP contribution in [0.15, 0.2) is 29.8 Å². The SMILES string of the molecule is O=C(Nc1cc(Cl)cnc1Cl)c1cccs1. The van der Waals surface area contributed by atoms with Crippen molar-refractivity contribution < 1.29 is 4.79 Å². The molecule has 0 aliphatic heterocycles. The summed E-state index contributed by atoms with van der Waals surface area (Å²) >= 11 is 12.9. The van der Waals surface area contributed by atoms with Gasteiger partial charge < -0.3 is 5.32 Å². The third-order valence-corrected chi connectivity index (χ3v) is 3.18. The quantitative estimate of drug-likeness (QED) is 0.847. The Hall–Kier alpha value is -1.10. The minimum Gasteiger partial charge on any atom is -0.319 e. The van der Waals surface area contributed by atoms with Gasteiger partial charge in [-0.15, -0.1) is 11.3 Å². The highest BCUT2D eigenvalue weighted by atomic mass is 35.5. The van der Waals surface area contributed by atoms with Crippen LogP contribution in [0.25, 0.3) is 0 Å². The zero-order valence-corrected chi connectivity index (χ0v) is 10.2. The van der Waals surface area contributed by atoms with Gasteiger partial charge in [-0.2, -0.15) is 0 Å². The highest BCUT2D eigenvalue weighted by molar-refractivity contribution is 7.12. The Kier molecular flexibility index (Phi) is 3.43. The van der Waals surface area contributed by atoms with E-state index >= 15 is 0 Å². The number of pyridine rings is 1. The smallest absolute Gasteiger partial charge is 0.265 e. The van der Waals surface area contributed by atoms with Crippen molar-refractivity contribution in [1.29, 1.82) is 0 Å². The van der Waals surface area contributed by atoms with Crippen LogP contribution in [0.3, 0.4) is 0 Å². The average Bonchev–Trinajstić information content (AvgIpc) is 2.76. The molecule has 1 amide bonds. The molecule has 3 nitrogen and oxygen atoms in total. The molecule has 0 bridgehead atoms. The van der Waals surface area contributed by atoms with Crippen molar-refractivity contribution in [2.24, 2.45) is 0 Å². The summed E-state index contributed by atoms with van der Waals surface area (Å²) in [6.07, 6.45) is 1.42. The van der Waals surface area contributed by atoms with Gasteiger partial charge in [-0.25, -0.2) is 4.98 Å². The third kappa shape index (κ3) is 2.52. The summed E-state index contributed by atoms with van der Waals surface area (Å²) in [4.78, 5) is 16.2. The number of nitrogens with one attached hydrogen (secondary N) is 1. The molecule has 0 aliphatic carbocycles. The maximum Gasteiger partial charge on any atom is 0.265 e. The standard InChI is InChI=1S/C10H6Cl2N2OS/c11-6-4-7(9(12)13-5-6)14-10(15)8-2-1-3-16-8/h1-5H,(H,14,15). The number of carbonyl (C=O) groups is 1. The van der Waals surface area contributed by atoms with Crippen molar-refractivity contribution in [2.75, 3.05) is 5.32 Å². The minimum atomic E-state index is -0.221. The first-order valence-corrected chi connectivity index (χ1v) is 5.96. The van der Waals surface area contributed by atoms with Gasteiger partial charge in [0.05, 0.1) is 15.6 Å². The molecule has 2 aromatic rings. The fraction of sp³-hybridized carbons (Fsp3) is 0. The van der Waals surface area contributed by atoms with E-state index < -0.39 is 0 Å². The Morgan fingerprint density at radius 2 is 2.25 bits per heavy atom. The number of hydrogen-bond donors (Lipinski definition) is 1. The Labute approximate surface area is 106 Å². The van der Waals surface area contributed by atoms with Crippen LogP contribution < -0.4 is 5.32 Å². The lowest BCUT2D eigenvalue weighted by atomic mass is 10.4. The largest absolute Gasteiger partial charge is 0.319 e. The van der Waals surface area contributed by atoms with E-state index in [4.69, 9.17) is 23.2 Å². The van der Waals surface area contributed by atoms with Crippen LogP contribution in [0.5, 0.6) is 0 Å². The molecule has 2 aromatic heterocycles. The van der Waals surface area contributed by atoms with Crippen LogP contribution in [-0.2, 0) is 0 Å². The molecule has 0 spiro atoms. The van der Waals surface area contributed by atoms with E-state index in [0.717, 1.165) is 0 Å². The van der Waals surface area contributed by atoms with Crippen LogP contribution in [0.1, 0.15) is 9.67 Å². The Morgan fingerprint density at radius 3 is 2.94 bits per heavy atom. The molecule has 82 valence electrons. The predicted molar refractivity (Wildman–Crippen MR) is 66.5 cm³/mol. The van der Waals surface area contributed by atoms with Gasteiger partial charge in [0.2, 0.25) is 0 Å². The number of aromatic nitrogens is 1. The molecule has 0 radical (unpaired) electrons. The maximum atomic E-state index is 11.7. The Balaban J connectivity index is 2.21. The van der Waals surface area contributed by atoms with Gasteiger partial charge in [-0.05, 0) is 17.5 Å². The molecule has 0 saturated carbocycles. The molecule has 0 aromatic carbocycles. The summed E-state index contributed by atoms with van der Waals surface area (Å²) < 4.78 is 0. The lowest BCUT2D eigenvalue weighted by molar-refractivity contribution is 0.103. The number of rotatable bonds is 2. The Bertz CT molecular complexity index is 514. The van der Waals surface area contributed by atoms with E-state index in [2.05, 4.69) is 10.3 Å². The molecule has 1 N–H and O–H groups in total. The second-order valence-corrected chi connectivity index (χ2v) is 4.67. The summed E-state index contributed by atoms with van der Waals surface area (Å²) in [5, 5.41) is 5.11. The molecule has 2 heterocycles. The topological polar surface area (TPSA) is 42.0 Å². The van der Waals surface area contributed by atoms with E-state index in [1.54, 1.807) is 18.2 Å². The number of thiophene rings is 1. The second kappa shape index (κ2) is 4.82. The Morgan fingerprint density at radius 1 is 1.44 bits per heavy atom. The molecular weight excluding hydrogens is 267 g/mol. The average molecular weight is 273 g/mol. The fourth-order valence-electron chi connectivity index (χ4n) is 1.10. The summed E-state index contributed by atoms with van der Waals surface area (Å²) in [7, 11) is 0. The van der Waals surface area contributed by atoms with E-state index in [-0.39, 0.29) is 11.1 Å². The first kappa shape index (κ1) is 11.4. The maximum absolute atomic E-state index is 11.7. The van der Waals surface area contributed by atoms with Crippen molar-refractivity contribution >= 4 is 46.1 Å². The predicted octanol–water partition coefficient (Wildman–Crippen LogP) is 3.70. The first-order chi connectivity index (χ1) is 7.66. The van der Waals surface area contributed by atoms with Crippen molar-refractivity contribution in [2.45, 2.75) is 0 Å². The zero-order chi connectivity index (χ0) is 11.5. The normalized spacial score (nSPS) is 10.1. The summed E-state index contributed by atoms with van der Waals surface area (Å²) in [5.41, 5.74) is 0.410. The number of amides is 1. The van der Waals surface area contributed by atoms with Crippen LogP contribution in [0.2, 0.25) is 10.2 Å². The van der Waals surface area contributed by atoms with Crippen molar-refractivity contribution in [3.05, 3.63) is 44.8 Å².